The first-order valence-electron chi connectivity index (χ1n) is 10.0. The van der Waals surface area contributed by atoms with Gasteiger partial charge in [0.25, 0.3) is 5.91 Å². The number of carbonyl (C=O) groups is 1. The third-order valence-corrected chi connectivity index (χ3v) is 5.10. The van der Waals surface area contributed by atoms with E-state index >= 15 is 4.39 Å². The number of ether oxygens (including phenoxy) is 1. The molecule has 0 aliphatic carbocycles. The Bertz CT molecular complexity index is 1410. The van der Waals surface area contributed by atoms with E-state index in [0.717, 1.165) is 18.3 Å². The number of nitrogens with one attached hydrogen (secondary N) is 1. The van der Waals surface area contributed by atoms with Crippen molar-refractivity contribution in [1.82, 2.24) is 10.3 Å². The summed E-state index contributed by atoms with van der Waals surface area (Å²) in [5, 5.41) is 11.5. The molecule has 38 heavy (non-hydrogen) atoms. The van der Waals surface area contributed by atoms with E-state index in [1.807, 2.05) is 5.32 Å². The number of nitrogens with zero attached hydrogens (tertiary/aromatic N) is 2. The molecule has 0 aliphatic heterocycles. The summed E-state index contributed by atoms with van der Waals surface area (Å²) in [5.41, 5.74) is -5.17. The number of benzene rings is 2. The number of hydrogen-bond donors (Lipinski definition) is 1. The highest BCUT2D eigenvalue weighted by atomic mass is 35.5. The number of nitriles is 1. The smallest absolute Gasteiger partial charge is 0.427 e. The van der Waals surface area contributed by atoms with Crippen LogP contribution in [0, 0.1) is 23.0 Å². The fourth-order valence-electron chi connectivity index (χ4n) is 3.13. The maximum atomic E-state index is 15.3. The molecule has 0 unspecified atom stereocenters. The molecule has 3 aromatic rings. The van der Waals surface area contributed by atoms with E-state index in [2.05, 4.69) is 9.72 Å². The van der Waals surface area contributed by atoms with Crippen LogP contribution in [0.15, 0.2) is 42.6 Å². The number of rotatable bonds is 7. The first kappa shape index (κ1) is 28.6. The van der Waals surface area contributed by atoms with Crippen molar-refractivity contribution in [3.63, 3.8) is 0 Å². The molecule has 5 nitrogen and oxygen atoms in total. The highest BCUT2D eigenvalue weighted by molar-refractivity contribution is 6.30. The van der Waals surface area contributed by atoms with E-state index in [4.69, 9.17) is 11.6 Å². The van der Waals surface area contributed by atoms with Crippen LogP contribution in [0.5, 0.6) is 5.75 Å². The SMILES string of the molecule is N#Cc1c(CNC(=O)c2ccc(F)c(C(F)(F)F)c2)cc(OC(F)(F)C(F)F)c(-c2ccc(Cl)cn2)c1F. The van der Waals surface area contributed by atoms with Crippen LogP contribution < -0.4 is 10.1 Å². The van der Waals surface area contributed by atoms with Crippen molar-refractivity contribution in [2.45, 2.75) is 25.3 Å². The standard InChI is InChI=1S/C23H11ClF9N3O2/c24-12-2-4-16(35-9-12)18-17(38-23(32,33)21(27)28)6-11(13(7-34)19(18)26)8-36-20(37)10-1-3-15(25)14(5-10)22(29,30)31/h1-6,9,21H,8H2,(H,36,37). The van der Waals surface area contributed by atoms with Crippen molar-refractivity contribution < 1.29 is 49.0 Å². The number of aromatic nitrogens is 1. The molecule has 200 valence electrons. The minimum atomic E-state index is -5.13. The molecule has 3 rings (SSSR count). The monoisotopic (exact) mass is 567 g/mol. The van der Waals surface area contributed by atoms with Gasteiger partial charge in [-0.05, 0) is 42.0 Å². The Balaban J connectivity index is 2.05. The Kier molecular flexibility index (Phi) is 8.11. The Hall–Kier alpha value is -3.99. The average molecular weight is 568 g/mol. The van der Waals surface area contributed by atoms with Crippen LogP contribution in [0.25, 0.3) is 11.3 Å². The van der Waals surface area contributed by atoms with Crippen molar-refractivity contribution in [3.8, 4) is 23.1 Å². The van der Waals surface area contributed by atoms with Gasteiger partial charge in [-0.25, -0.2) is 8.78 Å². The molecule has 2 aromatic carbocycles. The Morgan fingerprint density at radius 1 is 1.11 bits per heavy atom. The number of alkyl halides is 7. The van der Waals surface area contributed by atoms with Gasteiger partial charge in [0.1, 0.15) is 17.6 Å². The summed E-state index contributed by atoms with van der Waals surface area (Å²) in [6.45, 7) is -0.859. The number of hydrogen-bond acceptors (Lipinski definition) is 4. The molecule has 15 heteroatoms. The fraction of sp³-hybridized carbons (Fsp3) is 0.174. The van der Waals surface area contributed by atoms with Gasteiger partial charge in [-0.1, -0.05) is 11.6 Å². The van der Waals surface area contributed by atoms with Crippen molar-refractivity contribution in [1.29, 1.82) is 5.26 Å². The summed E-state index contributed by atoms with van der Waals surface area (Å²) in [5.74, 6) is -5.62. The average Bonchev–Trinajstić information content (AvgIpc) is 2.82. The molecule has 0 saturated carbocycles. The molecule has 1 heterocycles. The van der Waals surface area contributed by atoms with E-state index in [1.165, 1.54) is 6.07 Å². The minimum absolute atomic E-state index is 0.0452. The predicted molar refractivity (Wildman–Crippen MR) is 114 cm³/mol. The Labute approximate surface area is 212 Å². The van der Waals surface area contributed by atoms with Gasteiger partial charge in [-0.15, -0.1) is 0 Å². The number of amides is 1. The van der Waals surface area contributed by atoms with E-state index in [9.17, 15) is 45.2 Å². The van der Waals surface area contributed by atoms with Crippen LogP contribution in [0.3, 0.4) is 0 Å². The lowest BCUT2D eigenvalue weighted by molar-refractivity contribution is -0.253. The molecule has 0 bridgehead atoms. The van der Waals surface area contributed by atoms with Gasteiger partial charge in [0.05, 0.1) is 27.4 Å². The lowest BCUT2D eigenvalue weighted by Gasteiger charge is -2.21. The predicted octanol–water partition coefficient (Wildman–Crippen LogP) is 6.74. The lowest BCUT2D eigenvalue weighted by atomic mass is 9.99. The zero-order chi connectivity index (χ0) is 28.4. The van der Waals surface area contributed by atoms with Crippen LogP contribution in [-0.2, 0) is 12.7 Å². The molecule has 0 saturated heterocycles. The van der Waals surface area contributed by atoms with Gasteiger partial charge in [0, 0.05) is 18.3 Å². The Morgan fingerprint density at radius 3 is 2.34 bits per heavy atom. The normalized spacial score (nSPS) is 11.8. The fourth-order valence-corrected chi connectivity index (χ4v) is 3.24. The van der Waals surface area contributed by atoms with Crippen LogP contribution in [0.1, 0.15) is 27.0 Å². The maximum absolute atomic E-state index is 15.3. The van der Waals surface area contributed by atoms with Crippen LogP contribution in [-0.4, -0.2) is 23.4 Å². The molecular formula is C23H11ClF9N3O2. The van der Waals surface area contributed by atoms with Gasteiger partial charge in [-0.3, -0.25) is 9.78 Å². The van der Waals surface area contributed by atoms with Gasteiger partial charge in [0.2, 0.25) is 0 Å². The number of halogens is 10. The number of carbonyl (C=O) groups excluding carboxylic acids is 1. The molecule has 1 amide bonds. The van der Waals surface area contributed by atoms with Crippen LogP contribution in [0.2, 0.25) is 5.02 Å². The van der Waals surface area contributed by atoms with Gasteiger partial charge >= 0.3 is 18.7 Å². The third kappa shape index (κ3) is 6.10. The summed E-state index contributed by atoms with van der Waals surface area (Å²) in [4.78, 5) is 16.1. The van der Waals surface area contributed by atoms with Gasteiger partial charge < -0.3 is 10.1 Å². The Morgan fingerprint density at radius 2 is 1.79 bits per heavy atom. The minimum Gasteiger partial charge on any atom is -0.427 e. The van der Waals surface area contributed by atoms with Gasteiger partial charge in [0.15, 0.2) is 5.82 Å². The second-order valence-corrected chi connectivity index (χ2v) is 7.85. The summed E-state index contributed by atoms with van der Waals surface area (Å²) >= 11 is 5.69. The molecule has 0 spiro atoms. The van der Waals surface area contributed by atoms with Crippen molar-refractivity contribution in [2.24, 2.45) is 0 Å². The number of pyridine rings is 1. The first-order valence-corrected chi connectivity index (χ1v) is 10.4. The summed E-state index contributed by atoms with van der Waals surface area (Å²) in [6.07, 6.45) is -13.6. The topological polar surface area (TPSA) is 75.0 Å². The summed E-state index contributed by atoms with van der Waals surface area (Å²) in [6, 6.07) is 5.47. The van der Waals surface area contributed by atoms with E-state index in [1.54, 1.807) is 0 Å². The van der Waals surface area contributed by atoms with Gasteiger partial charge in [-0.2, -0.15) is 36.0 Å². The molecule has 0 fully saturated rings. The van der Waals surface area contributed by atoms with E-state index in [-0.39, 0.29) is 11.1 Å². The molecule has 0 aliphatic rings. The van der Waals surface area contributed by atoms with Crippen LogP contribution >= 0.6 is 11.6 Å². The molecule has 1 aromatic heterocycles. The van der Waals surface area contributed by atoms with Crippen molar-refractivity contribution in [3.05, 3.63) is 81.5 Å². The maximum Gasteiger partial charge on any atom is 0.461 e. The second kappa shape index (κ2) is 10.8. The van der Waals surface area contributed by atoms with E-state index in [0.29, 0.717) is 18.2 Å². The van der Waals surface area contributed by atoms with Crippen molar-refractivity contribution in [2.75, 3.05) is 0 Å². The first-order chi connectivity index (χ1) is 17.7. The van der Waals surface area contributed by atoms with Crippen LogP contribution in [0.4, 0.5) is 39.5 Å². The molecule has 0 radical (unpaired) electrons. The molecular weight excluding hydrogens is 557 g/mol. The highest BCUT2D eigenvalue weighted by Crippen LogP contribution is 2.39. The zero-order valence-electron chi connectivity index (χ0n) is 18.3. The second-order valence-electron chi connectivity index (χ2n) is 7.41. The van der Waals surface area contributed by atoms with Crippen molar-refractivity contribution >= 4 is 17.5 Å². The summed E-state index contributed by atoms with van der Waals surface area (Å²) < 4.78 is 125. The third-order valence-electron chi connectivity index (χ3n) is 4.88. The van der Waals surface area contributed by atoms with E-state index < -0.39 is 82.1 Å². The molecule has 0 atom stereocenters. The quantitative estimate of drug-likeness (QED) is 0.321. The highest BCUT2D eigenvalue weighted by Gasteiger charge is 2.45. The summed E-state index contributed by atoms with van der Waals surface area (Å²) in [7, 11) is 0. The largest absolute Gasteiger partial charge is 0.461 e. The zero-order valence-corrected chi connectivity index (χ0v) is 19.1. The molecule has 1 N–H and O–H groups in total. The lowest BCUT2D eigenvalue weighted by Crippen LogP contribution is -2.34.